The van der Waals surface area contributed by atoms with Gasteiger partial charge in [0.15, 0.2) is 0 Å². The number of hydrogen-bond acceptors (Lipinski definition) is 5. The second-order valence-corrected chi connectivity index (χ2v) is 9.45. The number of amides is 1. The van der Waals surface area contributed by atoms with Crippen LogP contribution in [0.15, 0.2) is 66.7 Å². The topological polar surface area (TPSA) is 102 Å². The van der Waals surface area contributed by atoms with E-state index >= 15 is 0 Å². The number of carbonyl (C=O) groups is 1. The van der Waals surface area contributed by atoms with Gasteiger partial charge in [0.1, 0.15) is 5.75 Å². The Labute approximate surface area is 205 Å². The third kappa shape index (κ3) is 7.30. The molecule has 0 fully saturated rings. The zero-order chi connectivity index (χ0) is 24.7. The van der Waals surface area contributed by atoms with Crippen molar-refractivity contribution in [3.8, 4) is 5.75 Å². The zero-order valence-corrected chi connectivity index (χ0v) is 20.1. The highest BCUT2D eigenvalue weighted by atomic mass is 35.5. The Morgan fingerprint density at radius 3 is 2.47 bits per heavy atom. The highest BCUT2D eigenvalue weighted by molar-refractivity contribution is 6.30. The number of hydrogen-bond donors (Lipinski definition) is 5. The van der Waals surface area contributed by atoms with Crippen LogP contribution in [0.25, 0.3) is 0 Å². The second-order valence-electron chi connectivity index (χ2n) is 9.01. The largest absolute Gasteiger partial charge is 0.508 e. The van der Waals surface area contributed by atoms with Gasteiger partial charge in [0.2, 0.25) is 0 Å². The van der Waals surface area contributed by atoms with E-state index in [1.165, 1.54) is 6.07 Å². The van der Waals surface area contributed by atoms with E-state index in [9.17, 15) is 20.1 Å². The van der Waals surface area contributed by atoms with Gasteiger partial charge in [-0.05, 0) is 73.4 Å². The molecule has 5 N–H and O–H groups in total. The van der Waals surface area contributed by atoms with Gasteiger partial charge in [-0.2, -0.15) is 0 Å². The number of nitrogens with one attached hydrogen (secondary N) is 2. The summed E-state index contributed by atoms with van der Waals surface area (Å²) in [6.45, 7) is 4.48. The molecule has 0 spiro atoms. The van der Waals surface area contributed by atoms with Crippen LogP contribution in [0.2, 0.25) is 5.02 Å². The molecule has 7 heteroatoms. The van der Waals surface area contributed by atoms with Gasteiger partial charge >= 0.3 is 0 Å². The molecule has 0 saturated heterocycles. The van der Waals surface area contributed by atoms with E-state index < -0.39 is 6.10 Å². The van der Waals surface area contributed by atoms with Gasteiger partial charge in [-0.1, -0.05) is 41.9 Å². The normalized spacial score (nSPS) is 12.4. The van der Waals surface area contributed by atoms with E-state index in [2.05, 4.69) is 10.6 Å². The molecule has 0 saturated carbocycles. The maximum Gasteiger partial charge on any atom is 0.251 e. The smallest absolute Gasteiger partial charge is 0.251 e. The van der Waals surface area contributed by atoms with Crippen molar-refractivity contribution >= 4 is 17.5 Å². The van der Waals surface area contributed by atoms with Crippen LogP contribution >= 0.6 is 11.6 Å². The predicted molar refractivity (Wildman–Crippen MR) is 134 cm³/mol. The average Bonchev–Trinajstić information content (AvgIpc) is 2.82. The van der Waals surface area contributed by atoms with Crippen LogP contribution in [-0.2, 0) is 19.6 Å². The summed E-state index contributed by atoms with van der Waals surface area (Å²) in [5.74, 6) is -0.145. The number of aliphatic hydroxyl groups is 2. The van der Waals surface area contributed by atoms with E-state index in [0.717, 1.165) is 11.1 Å². The van der Waals surface area contributed by atoms with Gasteiger partial charge in [-0.15, -0.1) is 0 Å². The third-order valence-corrected chi connectivity index (χ3v) is 5.89. The number of carbonyl (C=O) groups excluding carboxylic acids is 1. The highest BCUT2D eigenvalue weighted by Gasteiger charge is 2.21. The summed E-state index contributed by atoms with van der Waals surface area (Å²) in [4.78, 5) is 12.6. The van der Waals surface area contributed by atoms with Crippen molar-refractivity contribution in [2.45, 2.75) is 45.1 Å². The van der Waals surface area contributed by atoms with E-state index in [1.54, 1.807) is 30.3 Å². The number of rotatable bonds is 10. The monoisotopic (exact) mass is 482 g/mol. The molecule has 1 atom stereocenters. The Morgan fingerprint density at radius 2 is 1.76 bits per heavy atom. The minimum atomic E-state index is -0.796. The Kier molecular flexibility index (Phi) is 8.69. The molecule has 3 rings (SSSR count). The first-order valence-corrected chi connectivity index (χ1v) is 11.5. The minimum Gasteiger partial charge on any atom is -0.508 e. The van der Waals surface area contributed by atoms with Crippen LogP contribution in [0.1, 0.15) is 52.6 Å². The number of aliphatic hydroxyl groups excluding tert-OH is 2. The van der Waals surface area contributed by atoms with Gasteiger partial charge in [0, 0.05) is 34.8 Å². The van der Waals surface area contributed by atoms with E-state index in [4.69, 9.17) is 11.6 Å². The molecule has 0 aliphatic heterocycles. The van der Waals surface area contributed by atoms with Crippen molar-refractivity contribution in [1.29, 1.82) is 0 Å². The van der Waals surface area contributed by atoms with Gasteiger partial charge < -0.3 is 26.0 Å². The number of benzene rings is 3. The van der Waals surface area contributed by atoms with Crippen LogP contribution < -0.4 is 10.6 Å². The van der Waals surface area contributed by atoms with Gasteiger partial charge in [0.05, 0.1) is 12.7 Å². The molecule has 0 aromatic heterocycles. The maximum atomic E-state index is 12.6. The van der Waals surface area contributed by atoms with Crippen LogP contribution in [0.4, 0.5) is 0 Å². The van der Waals surface area contributed by atoms with Crippen LogP contribution in [0, 0.1) is 0 Å². The van der Waals surface area contributed by atoms with Gasteiger partial charge in [0.25, 0.3) is 5.91 Å². The molecule has 0 aliphatic carbocycles. The van der Waals surface area contributed by atoms with E-state index in [0.29, 0.717) is 41.2 Å². The van der Waals surface area contributed by atoms with Crippen molar-refractivity contribution < 1.29 is 20.1 Å². The summed E-state index contributed by atoms with van der Waals surface area (Å²) >= 11 is 5.90. The van der Waals surface area contributed by atoms with Crippen molar-refractivity contribution in [1.82, 2.24) is 10.6 Å². The predicted octanol–water partition coefficient (Wildman–Crippen LogP) is 4.11. The number of halogens is 1. The van der Waals surface area contributed by atoms with Crippen LogP contribution in [0.3, 0.4) is 0 Å². The summed E-state index contributed by atoms with van der Waals surface area (Å²) in [5.41, 5.74) is 3.20. The lowest BCUT2D eigenvalue weighted by Gasteiger charge is -2.28. The fourth-order valence-electron chi connectivity index (χ4n) is 3.71. The van der Waals surface area contributed by atoms with Gasteiger partial charge in [-0.3, -0.25) is 4.79 Å². The molecule has 0 heterocycles. The maximum absolute atomic E-state index is 12.6. The Hall–Kier alpha value is -2.90. The van der Waals surface area contributed by atoms with E-state index in [1.807, 2.05) is 44.2 Å². The molecule has 6 nitrogen and oxygen atoms in total. The molecule has 0 radical (unpaired) electrons. The lowest BCUT2D eigenvalue weighted by Crippen LogP contribution is -2.43. The van der Waals surface area contributed by atoms with E-state index in [-0.39, 0.29) is 23.8 Å². The Balaban J connectivity index is 1.57. The lowest BCUT2D eigenvalue weighted by atomic mass is 9.93. The number of β-amino-alcohol motifs (C(OH)–C–C–N with tert-alkyl or cyclic N) is 1. The summed E-state index contributed by atoms with van der Waals surface area (Å²) in [6, 6.07) is 19.6. The third-order valence-electron chi connectivity index (χ3n) is 5.63. The molecule has 3 aromatic carbocycles. The minimum absolute atomic E-state index is 0.00354. The molecule has 3 aromatic rings. The number of phenols is 1. The molecular weight excluding hydrogens is 452 g/mol. The molecule has 0 bridgehead atoms. The Bertz CT molecular complexity index is 1120. The highest BCUT2D eigenvalue weighted by Crippen LogP contribution is 2.23. The summed E-state index contributed by atoms with van der Waals surface area (Å²) in [6.07, 6.45) is -0.148. The fraction of sp³-hybridized carbons (Fsp3) is 0.296. The average molecular weight is 483 g/mol. The molecule has 34 heavy (non-hydrogen) atoms. The summed E-state index contributed by atoms with van der Waals surface area (Å²) in [5, 5.41) is 36.6. The fourth-order valence-corrected chi connectivity index (χ4v) is 3.84. The van der Waals surface area contributed by atoms with Crippen molar-refractivity contribution in [3.05, 3.63) is 99.6 Å². The number of aromatic hydroxyl groups is 1. The zero-order valence-electron chi connectivity index (χ0n) is 19.4. The molecule has 0 aliphatic rings. The second kappa shape index (κ2) is 11.5. The first kappa shape index (κ1) is 25.7. The van der Waals surface area contributed by atoms with Crippen molar-refractivity contribution in [2.75, 3.05) is 6.54 Å². The molecule has 180 valence electrons. The van der Waals surface area contributed by atoms with Gasteiger partial charge in [-0.25, -0.2) is 0 Å². The SMILES string of the molecule is CC(C)(Cc1cccc(C(=O)NCc2ccc(Cl)cc2)c1)NC[C@H](O)c1ccc(O)c(CO)c1. The van der Waals surface area contributed by atoms with Crippen molar-refractivity contribution in [3.63, 3.8) is 0 Å². The van der Waals surface area contributed by atoms with Crippen LogP contribution in [0.5, 0.6) is 5.75 Å². The quantitative estimate of drug-likeness (QED) is 0.299. The summed E-state index contributed by atoms with van der Waals surface area (Å²) in [7, 11) is 0. The lowest BCUT2D eigenvalue weighted by molar-refractivity contribution is 0.0950. The standard InChI is InChI=1S/C27H31ClN2O4/c1-27(2,30-16-25(33)20-8-11-24(32)22(13-20)17-31)14-19-4-3-5-21(12-19)26(34)29-15-18-6-9-23(28)10-7-18/h3-13,25,30-33H,14-17H2,1-2H3,(H,29,34)/t25-/m0/s1. The molecule has 1 amide bonds. The molecule has 0 unspecified atom stereocenters. The summed E-state index contributed by atoms with van der Waals surface area (Å²) < 4.78 is 0. The van der Waals surface area contributed by atoms with Crippen molar-refractivity contribution in [2.24, 2.45) is 0 Å². The first-order valence-electron chi connectivity index (χ1n) is 11.1. The molecular formula is C27H31ClN2O4. The Morgan fingerprint density at radius 1 is 1.03 bits per heavy atom. The first-order chi connectivity index (χ1) is 16.2. The van der Waals surface area contributed by atoms with Crippen LogP contribution in [-0.4, -0.2) is 33.3 Å².